The van der Waals surface area contributed by atoms with Crippen LogP contribution in [0, 0.1) is 5.92 Å². The van der Waals surface area contributed by atoms with Crippen LogP contribution < -0.4 is 4.90 Å². The molecule has 1 aromatic rings. The predicted molar refractivity (Wildman–Crippen MR) is 71.8 cm³/mol. The summed E-state index contributed by atoms with van der Waals surface area (Å²) in [5.74, 6) is 2.03. The van der Waals surface area contributed by atoms with E-state index in [4.69, 9.17) is 23.2 Å². The molecule has 0 aliphatic carbocycles. The molecule has 0 N–H and O–H groups in total. The van der Waals surface area contributed by atoms with Crippen LogP contribution in [0.2, 0.25) is 5.15 Å². The first-order valence-corrected chi connectivity index (χ1v) is 6.86. The maximum Gasteiger partial charge on any atom is 0.138 e. The number of halogens is 2. The van der Waals surface area contributed by atoms with Gasteiger partial charge >= 0.3 is 0 Å². The van der Waals surface area contributed by atoms with Crippen molar-refractivity contribution in [2.45, 2.75) is 38.6 Å². The van der Waals surface area contributed by atoms with E-state index >= 15 is 0 Å². The third-order valence-electron chi connectivity index (χ3n) is 3.41. The Balaban J connectivity index is 2.30. The highest BCUT2D eigenvalue weighted by Crippen LogP contribution is 2.31. The highest BCUT2D eigenvalue weighted by Gasteiger charge is 2.26. The fraction of sp³-hybridized carbons (Fsp3) is 0.667. The molecule has 1 aromatic heterocycles. The lowest BCUT2D eigenvalue weighted by Gasteiger charge is -2.38. The molecule has 94 valence electrons. The van der Waals surface area contributed by atoms with Crippen molar-refractivity contribution in [3.05, 3.63) is 17.0 Å². The van der Waals surface area contributed by atoms with Crippen LogP contribution in [0.25, 0.3) is 0 Å². The van der Waals surface area contributed by atoms with Crippen LogP contribution in [0.4, 0.5) is 5.82 Å². The molecule has 1 aliphatic heterocycles. The number of hydrogen-bond donors (Lipinski definition) is 0. The van der Waals surface area contributed by atoms with Crippen molar-refractivity contribution in [3.8, 4) is 0 Å². The van der Waals surface area contributed by atoms with Gasteiger partial charge in [0.25, 0.3) is 0 Å². The molecule has 0 spiro atoms. The Bertz CT molecular complexity index is 397. The summed E-state index contributed by atoms with van der Waals surface area (Å²) in [6.45, 7) is 5.53. The van der Waals surface area contributed by atoms with E-state index in [1.165, 1.54) is 19.2 Å². The lowest BCUT2D eigenvalue weighted by Crippen LogP contribution is -2.41. The minimum absolute atomic E-state index is 0.355. The lowest BCUT2D eigenvalue weighted by molar-refractivity contribution is 0.375. The van der Waals surface area contributed by atoms with Gasteiger partial charge in [-0.2, -0.15) is 0 Å². The van der Waals surface area contributed by atoms with Crippen molar-refractivity contribution in [3.63, 3.8) is 0 Å². The summed E-state index contributed by atoms with van der Waals surface area (Å²) in [4.78, 5) is 10.6. The Kier molecular flexibility index (Phi) is 4.10. The molecule has 2 heterocycles. The third kappa shape index (κ3) is 2.66. The van der Waals surface area contributed by atoms with Crippen LogP contribution in [0.1, 0.15) is 32.3 Å². The molecule has 0 amide bonds. The van der Waals surface area contributed by atoms with Gasteiger partial charge in [0.1, 0.15) is 17.3 Å². The van der Waals surface area contributed by atoms with E-state index in [1.54, 1.807) is 0 Å². The zero-order valence-corrected chi connectivity index (χ0v) is 11.7. The molecule has 3 nitrogen and oxygen atoms in total. The quantitative estimate of drug-likeness (QED) is 0.610. The first-order chi connectivity index (χ1) is 8.13. The van der Waals surface area contributed by atoms with E-state index in [1.807, 2.05) is 0 Å². The minimum atomic E-state index is 0.355. The molecule has 2 rings (SSSR count). The van der Waals surface area contributed by atoms with Gasteiger partial charge in [0.05, 0.1) is 5.88 Å². The summed E-state index contributed by atoms with van der Waals surface area (Å²) in [6.07, 6.45) is 3.88. The second kappa shape index (κ2) is 5.40. The predicted octanol–water partition coefficient (Wildman–Crippen LogP) is 3.49. The molecule has 2 atom stereocenters. The maximum atomic E-state index is 6.06. The molecule has 2 unspecified atom stereocenters. The third-order valence-corrected chi connectivity index (χ3v) is 4.01. The van der Waals surface area contributed by atoms with Crippen LogP contribution in [-0.2, 0) is 5.88 Å². The summed E-state index contributed by atoms with van der Waals surface area (Å²) in [7, 11) is 0. The van der Waals surface area contributed by atoms with Crippen molar-refractivity contribution in [1.82, 2.24) is 9.97 Å². The second-order valence-electron chi connectivity index (χ2n) is 4.77. The van der Waals surface area contributed by atoms with Gasteiger partial charge in [-0.15, -0.1) is 11.6 Å². The molecule has 17 heavy (non-hydrogen) atoms. The van der Waals surface area contributed by atoms with Gasteiger partial charge in [-0.25, -0.2) is 9.97 Å². The second-order valence-corrected chi connectivity index (χ2v) is 5.40. The average molecular weight is 274 g/mol. The number of piperidine rings is 1. The van der Waals surface area contributed by atoms with Crippen molar-refractivity contribution in [2.75, 3.05) is 11.4 Å². The summed E-state index contributed by atoms with van der Waals surface area (Å²) in [5.41, 5.74) is 0.845. The molecule has 1 fully saturated rings. The SMILES string of the molecule is CC1CCN(c2ncnc(Cl)c2CCl)C(C)C1. The molecule has 0 saturated carbocycles. The van der Waals surface area contributed by atoms with Crippen molar-refractivity contribution in [1.29, 1.82) is 0 Å². The molecular formula is C12H17Cl2N3. The van der Waals surface area contributed by atoms with E-state index < -0.39 is 0 Å². The largest absolute Gasteiger partial charge is 0.353 e. The number of alkyl halides is 1. The van der Waals surface area contributed by atoms with Gasteiger partial charge in [0.2, 0.25) is 0 Å². The van der Waals surface area contributed by atoms with Crippen molar-refractivity contribution in [2.24, 2.45) is 5.92 Å². The molecular weight excluding hydrogens is 257 g/mol. The lowest BCUT2D eigenvalue weighted by atomic mass is 9.93. The summed E-state index contributed by atoms with van der Waals surface area (Å²) in [5, 5.41) is 0.468. The Morgan fingerprint density at radius 1 is 1.41 bits per heavy atom. The summed E-state index contributed by atoms with van der Waals surface area (Å²) < 4.78 is 0. The number of anilines is 1. The van der Waals surface area contributed by atoms with Gasteiger partial charge in [0, 0.05) is 18.2 Å². The molecule has 0 bridgehead atoms. The van der Waals surface area contributed by atoms with Crippen LogP contribution >= 0.6 is 23.2 Å². The van der Waals surface area contributed by atoms with Crippen molar-refractivity contribution >= 4 is 29.0 Å². The first kappa shape index (κ1) is 12.9. The van der Waals surface area contributed by atoms with Crippen LogP contribution in [-0.4, -0.2) is 22.6 Å². The summed E-state index contributed by atoms with van der Waals surface area (Å²) in [6, 6.07) is 0.478. The van der Waals surface area contributed by atoms with E-state index in [0.29, 0.717) is 17.1 Å². The molecule has 0 aromatic carbocycles. The number of aromatic nitrogens is 2. The molecule has 1 saturated heterocycles. The smallest absolute Gasteiger partial charge is 0.138 e. The number of rotatable bonds is 2. The fourth-order valence-electron chi connectivity index (χ4n) is 2.47. The van der Waals surface area contributed by atoms with Gasteiger partial charge in [-0.3, -0.25) is 0 Å². The van der Waals surface area contributed by atoms with Crippen molar-refractivity contribution < 1.29 is 0 Å². The van der Waals surface area contributed by atoms with E-state index in [-0.39, 0.29) is 0 Å². The Labute approximate surface area is 112 Å². The van der Waals surface area contributed by atoms with E-state index in [9.17, 15) is 0 Å². The maximum absolute atomic E-state index is 6.06. The van der Waals surface area contributed by atoms with Gasteiger partial charge < -0.3 is 4.90 Å². The standard InChI is InChI=1S/C12H17Cl2N3/c1-8-3-4-17(9(2)5-8)12-10(6-13)11(14)15-7-16-12/h7-9H,3-6H2,1-2H3. The van der Waals surface area contributed by atoms with E-state index in [2.05, 4.69) is 28.7 Å². The Morgan fingerprint density at radius 2 is 2.18 bits per heavy atom. The normalized spacial score (nSPS) is 25.1. The van der Waals surface area contributed by atoms with E-state index in [0.717, 1.165) is 23.8 Å². The monoisotopic (exact) mass is 273 g/mol. The zero-order valence-electron chi connectivity index (χ0n) is 10.2. The number of nitrogens with zero attached hydrogens (tertiary/aromatic N) is 3. The first-order valence-electron chi connectivity index (χ1n) is 5.95. The van der Waals surface area contributed by atoms with Gasteiger partial charge in [-0.05, 0) is 25.7 Å². The molecule has 0 radical (unpaired) electrons. The Hall–Kier alpha value is -0.540. The highest BCUT2D eigenvalue weighted by molar-refractivity contribution is 6.31. The van der Waals surface area contributed by atoms with Gasteiger partial charge in [0.15, 0.2) is 0 Å². The summed E-state index contributed by atoms with van der Waals surface area (Å²) >= 11 is 12.0. The minimum Gasteiger partial charge on any atom is -0.353 e. The molecule has 5 heteroatoms. The van der Waals surface area contributed by atoms with Crippen LogP contribution in [0.5, 0.6) is 0 Å². The highest BCUT2D eigenvalue weighted by atomic mass is 35.5. The zero-order chi connectivity index (χ0) is 12.4. The van der Waals surface area contributed by atoms with Gasteiger partial charge in [-0.1, -0.05) is 18.5 Å². The topological polar surface area (TPSA) is 29.0 Å². The fourth-order valence-corrected chi connectivity index (χ4v) is 2.98. The van der Waals surface area contributed by atoms with Crippen LogP contribution in [0.3, 0.4) is 0 Å². The Morgan fingerprint density at radius 3 is 2.82 bits per heavy atom. The van der Waals surface area contributed by atoms with Crippen LogP contribution in [0.15, 0.2) is 6.33 Å². The average Bonchev–Trinajstić information content (AvgIpc) is 2.29. The molecule has 1 aliphatic rings. The number of hydrogen-bond acceptors (Lipinski definition) is 3.